The van der Waals surface area contributed by atoms with Crippen LogP contribution in [0.1, 0.15) is 25.0 Å². The SMILES string of the molecule is C=C(OCC)c1ccc(CNCC)cc1. The van der Waals surface area contributed by atoms with E-state index in [4.69, 9.17) is 4.74 Å². The molecule has 0 saturated heterocycles. The fourth-order valence-corrected chi connectivity index (χ4v) is 1.34. The highest BCUT2D eigenvalue weighted by molar-refractivity contribution is 5.57. The van der Waals surface area contributed by atoms with Gasteiger partial charge in [-0.05, 0) is 19.0 Å². The fourth-order valence-electron chi connectivity index (χ4n) is 1.34. The molecule has 0 aliphatic carbocycles. The summed E-state index contributed by atoms with van der Waals surface area (Å²) in [7, 11) is 0. The first-order chi connectivity index (χ1) is 7.27. The molecule has 1 aromatic rings. The van der Waals surface area contributed by atoms with Crippen LogP contribution >= 0.6 is 0 Å². The Labute approximate surface area is 92.0 Å². The van der Waals surface area contributed by atoms with Crippen molar-refractivity contribution >= 4 is 5.76 Å². The summed E-state index contributed by atoms with van der Waals surface area (Å²) >= 11 is 0. The summed E-state index contributed by atoms with van der Waals surface area (Å²) in [4.78, 5) is 0. The van der Waals surface area contributed by atoms with Gasteiger partial charge in [-0.2, -0.15) is 0 Å². The molecule has 0 aliphatic rings. The normalized spacial score (nSPS) is 10.0. The molecule has 1 N–H and O–H groups in total. The number of ether oxygens (including phenoxy) is 1. The predicted molar refractivity (Wildman–Crippen MR) is 64.5 cm³/mol. The molecular formula is C13H19NO. The summed E-state index contributed by atoms with van der Waals surface area (Å²) < 4.78 is 5.34. The van der Waals surface area contributed by atoms with Gasteiger partial charge in [0.15, 0.2) is 0 Å². The molecule has 82 valence electrons. The maximum Gasteiger partial charge on any atom is 0.119 e. The second kappa shape index (κ2) is 6.25. The van der Waals surface area contributed by atoms with Gasteiger partial charge in [-0.1, -0.05) is 37.8 Å². The lowest BCUT2D eigenvalue weighted by molar-refractivity contribution is 0.299. The number of nitrogens with one attached hydrogen (secondary N) is 1. The van der Waals surface area contributed by atoms with Gasteiger partial charge in [-0.3, -0.25) is 0 Å². The third kappa shape index (κ3) is 3.76. The van der Waals surface area contributed by atoms with Gasteiger partial charge in [0, 0.05) is 12.1 Å². The molecule has 1 rings (SSSR count). The quantitative estimate of drug-likeness (QED) is 0.721. The molecule has 2 nitrogen and oxygen atoms in total. The molecule has 0 spiro atoms. The van der Waals surface area contributed by atoms with Gasteiger partial charge < -0.3 is 10.1 Å². The lowest BCUT2D eigenvalue weighted by atomic mass is 10.1. The van der Waals surface area contributed by atoms with E-state index in [0.29, 0.717) is 6.61 Å². The molecule has 0 amide bonds. The molecule has 0 saturated carbocycles. The van der Waals surface area contributed by atoms with Crippen molar-refractivity contribution in [2.75, 3.05) is 13.2 Å². The van der Waals surface area contributed by atoms with Crippen LogP contribution in [-0.2, 0) is 11.3 Å². The van der Waals surface area contributed by atoms with E-state index in [-0.39, 0.29) is 0 Å². The lowest BCUT2D eigenvalue weighted by Crippen LogP contribution is -2.11. The number of rotatable bonds is 6. The molecule has 0 unspecified atom stereocenters. The molecule has 0 heterocycles. The fraction of sp³-hybridized carbons (Fsp3) is 0.385. The van der Waals surface area contributed by atoms with Crippen LogP contribution in [0.15, 0.2) is 30.8 Å². The van der Waals surface area contributed by atoms with Crippen LogP contribution in [0.25, 0.3) is 5.76 Å². The summed E-state index contributed by atoms with van der Waals surface area (Å²) in [5.74, 6) is 0.743. The highest BCUT2D eigenvalue weighted by atomic mass is 16.5. The molecule has 0 atom stereocenters. The van der Waals surface area contributed by atoms with Crippen molar-refractivity contribution in [3.05, 3.63) is 42.0 Å². The summed E-state index contributed by atoms with van der Waals surface area (Å²) in [5, 5.41) is 3.28. The van der Waals surface area contributed by atoms with Crippen molar-refractivity contribution in [1.29, 1.82) is 0 Å². The van der Waals surface area contributed by atoms with Crippen molar-refractivity contribution in [3.8, 4) is 0 Å². The zero-order chi connectivity index (χ0) is 11.1. The van der Waals surface area contributed by atoms with Crippen LogP contribution in [0.3, 0.4) is 0 Å². The summed E-state index contributed by atoms with van der Waals surface area (Å²) in [6, 6.07) is 8.29. The van der Waals surface area contributed by atoms with Crippen molar-refractivity contribution in [2.24, 2.45) is 0 Å². The number of benzene rings is 1. The van der Waals surface area contributed by atoms with Crippen LogP contribution in [0.5, 0.6) is 0 Å². The number of hydrogen-bond donors (Lipinski definition) is 1. The Morgan fingerprint density at radius 2 is 1.93 bits per heavy atom. The predicted octanol–water partition coefficient (Wildman–Crippen LogP) is 2.80. The first-order valence-electron chi connectivity index (χ1n) is 5.39. The Balaban J connectivity index is 2.59. The highest BCUT2D eigenvalue weighted by Gasteiger charge is 1.98. The van der Waals surface area contributed by atoms with Gasteiger partial charge in [0.05, 0.1) is 6.61 Å². The van der Waals surface area contributed by atoms with E-state index < -0.39 is 0 Å². The topological polar surface area (TPSA) is 21.3 Å². The Hall–Kier alpha value is -1.28. The Bertz CT molecular complexity index is 303. The van der Waals surface area contributed by atoms with Crippen molar-refractivity contribution in [3.63, 3.8) is 0 Å². The van der Waals surface area contributed by atoms with Crippen LogP contribution in [-0.4, -0.2) is 13.2 Å². The van der Waals surface area contributed by atoms with E-state index in [1.165, 1.54) is 5.56 Å². The standard InChI is InChI=1S/C13H19NO/c1-4-14-10-12-6-8-13(9-7-12)11(3)15-5-2/h6-9,14H,3-5,10H2,1-2H3. The molecule has 0 aromatic heterocycles. The van der Waals surface area contributed by atoms with Gasteiger partial charge in [0.25, 0.3) is 0 Å². The largest absolute Gasteiger partial charge is 0.494 e. The maximum atomic E-state index is 5.34. The summed E-state index contributed by atoms with van der Waals surface area (Å²) in [6.45, 7) is 10.5. The van der Waals surface area contributed by atoms with Crippen molar-refractivity contribution in [1.82, 2.24) is 5.32 Å². The first-order valence-corrected chi connectivity index (χ1v) is 5.39. The van der Waals surface area contributed by atoms with Crippen LogP contribution in [0.4, 0.5) is 0 Å². The summed E-state index contributed by atoms with van der Waals surface area (Å²) in [6.07, 6.45) is 0. The molecule has 2 heteroatoms. The zero-order valence-corrected chi connectivity index (χ0v) is 9.55. The smallest absolute Gasteiger partial charge is 0.119 e. The molecule has 1 aromatic carbocycles. The maximum absolute atomic E-state index is 5.34. The molecular weight excluding hydrogens is 186 g/mol. The van der Waals surface area contributed by atoms with E-state index in [0.717, 1.165) is 24.4 Å². The van der Waals surface area contributed by atoms with Crippen molar-refractivity contribution in [2.45, 2.75) is 20.4 Å². The van der Waals surface area contributed by atoms with E-state index in [2.05, 4.69) is 31.0 Å². The third-order valence-corrected chi connectivity index (χ3v) is 2.17. The number of hydrogen-bond acceptors (Lipinski definition) is 2. The first kappa shape index (κ1) is 11.8. The van der Waals surface area contributed by atoms with Gasteiger partial charge in [-0.15, -0.1) is 0 Å². The van der Waals surface area contributed by atoms with Gasteiger partial charge in [0.2, 0.25) is 0 Å². The van der Waals surface area contributed by atoms with Crippen molar-refractivity contribution < 1.29 is 4.74 Å². The monoisotopic (exact) mass is 205 g/mol. The van der Waals surface area contributed by atoms with E-state index in [9.17, 15) is 0 Å². The van der Waals surface area contributed by atoms with Gasteiger partial charge in [0.1, 0.15) is 5.76 Å². The van der Waals surface area contributed by atoms with Crippen LogP contribution < -0.4 is 5.32 Å². The summed E-state index contributed by atoms with van der Waals surface area (Å²) in [5.41, 5.74) is 2.34. The minimum Gasteiger partial charge on any atom is -0.494 e. The van der Waals surface area contributed by atoms with E-state index in [1.54, 1.807) is 0 Å². The molecule has 0 radical (unpaired) electrons. The minimum absolute atomic E-state index is 0.665. The minimum atomic E-state index is 0.665. The Morgan fingerprint density at radius 3 is 2.47 bits per heavy atom. The molecule has 0 bridgehead atoms. The van der Waals surface area contributed by atoms with E-state index >= 15 is 0 Å². The van der Waals surface area contributed by atoms with Gasteiger partial charge in [-0.25, -0.2) is 0 Å². The third-order valence-electron chi connectivity index (χ3n) is 2.17. The van der Waals surface area contributed by atoms with E-state index in [1.807, 2.05) is 19.1 Å². The Morgan fingerprint density at radius 1 is 1.27 bits per heavy atom. The zero-order valence-electron chi connectivity index (χ0n) is 9.55. The molecule has 15 heavy (non-hydrogen) atoms. The average Bonchev–Trinajstić information content (AvgIpc) is 2.27. The second-order valence-electron chi connectivity index (χ2n) is 3.33. The second-order valence-corrected chi connectivity index (χ2v) is 3.33. The lowest BCUT2D eigenvalue weighted by Gasteiger charge is -2.08. The molecule has 0 aliphatic heterocycles. The Kier molecular flexibility index (Phi) is 4.91. The highest BCUT2D eigenvalue weighted by Crippen LogP contribution is 2.14. The van der Waals surface area contributed by atoms with Gasteiger partial charge >= 0.3 is 0 Å². The van der Waals surface area contributed by atoms with Crippen LogP contribution in [0, 0.1) is 0 Å². The van der Waals surface area contributed by atoms with Crippen LogP contribution in [0.2, 0.25) is 0 Å². The molecule has 0 fully saturated rings. The average molecular weight is 205 g/mol.